The van der Waals surface area contributed by atoms with Crippen LogP contribution in [0.1, 0.15) is 259 Å². The minimum Gasteiger partial charge on any atom is -0.507 e. The molecule has 15 aromatic carbocycles. The average Bonchev–Trinajstić information content (AvgIpc) is 0.748. The third-order valence-electron chi connectivity index (χ3n) is 29.4. The smallest absolute Gasteiger partial charge is 0.346 e. The number of carbonyl (C=O) groups excluding carboxylic acids is 2. The zero-order valence-corrected chi connectivity index (χ0v) is 85.0. The molecule has 0 atom stereocenters. The number of hydrogen-bond acceptors (Lipinski definition) is 7. The van der Waals surface area contributed by atoms with Gasteiger partial charge in [-0.1, -0.05) is 297 Å². The Hall–Kier alpha value is -10.8. The van der Waals surface area contributed by atoms with Crippen LogP contribution in [0.15, 0.2) is 286 Å². The summed E-state index contributed by atoms with van der Waals surface area (Å²) in [6, 6.07) is 88.4. The molecule has 4 saturated carbocycles. The number of aromatic carboxylic acids is 1. The summed E-state index contributed by atoms with van der Waals surface area (Å²) in [5.41, 5.74) is 16.0. The van der Waals surface area contributed by atoms with Crippen molar-refractivity contribution < 1.29 is 52.3 Å². The van der Waals surface area contributed by atoms with E-state index in [4.69, 9.17) is 37.8 Å². The van der Waals surface area contributed by atoms with E-state index in [9.17, 15) is 29.0 Å². The van der Waals surface area contributed by atoms with E-state index in [0.717, 1.165) is 95.4 Å². The van der Waals surface area contributed by atoms with Crippen molar-refractivity contribution in [3.63, 3.8) is 0 Å². The van der Waals surface area contributed by atoms with Crippen molar-refractivity contribution in [1.82, 2.24) is 0 Å². The SMILES string of the molecule is CCCC1CCC(c2ccc(-c3ccc4c(-c5c(O)ccc6cc(-c7ccc(C8CCC(CCC)CC8)cc7)ccc56)c(O)ccc4c3)cc2)CC1.CCCC1CCC(c2ccc(-c3ccc4c(-c5c(OC(=O)c6ccc(Br)cc6F)ccc6cc(-c7ccc(C8CCC(CCC)CC8)cc7)ccc56)c(OC(=O)c5ccc(Br)cc5F)ccc4c3)cc2)CC1.ClCCl.O=C(O)c1ccc(Br)cc1F. The molecule has 16 heteroatoms. The summed E-state index contributed by atoms with van der Waals surface area (Å²) in [5, 5.41) is 38.2. The van der Waals surface area contributed by atoms with Gasteiger partial charge in [0.2, 0.25) is 0 Å². The molecule has 0 aliphatic heterocycles. The lowest BCUT2D eigenvalue weighted by molar-refractivity contribution is 0.0687. The van der Waals surface area contributed by atoms with Gasteiger partial charge in [0.25, 0.3) is 0 Å². The lowest BCUT2D eigenvalue weighted by Crippen LogP contribution is -2.13. The monoisotopic (exact) mass is 2070 g/mol. The summed E-state index contributed by atoms with van der Waals surface area (Å²) in [7, 11) is 0. The molecule has 15 aromatic rings. The number of esters is 2. The van der Waals surface area contributed by atoms with E-state index in [1.165, 1.54) is 224 Å². The highest BCUT2D eigenvalue weighted by Gasteiger charge is 2.31. The topological polar surface area (TPSA) is 130 Å². The first-order valence-corrected chi connectivity index (χ1v) is 52.7. The molecule has 0 spiro atoms. The first kappa shape index (κ1) is 100. The van der Waals surface area contributed by atoms with Gasteiger partial charge < -0.3 is 24.8 Å². The lowest BCUT2D eigenvalue weighted by Gasteiger charge is -2.28. The van der Waals surface area contributed by atoms with Gasteiger partial charge in [-0.15, -0.1) is 23.2 Å². The summed E-state index contributed by atoms with van der Waals surface area (Å²) in [5.74, 6) is 1.37. The molecule has 4 fully saturated rings. The van der Waals surface area contributed by atoms with Crippen molar-refractivity contribution in [3.8, 4) is 89.8 Å². The highest BCUT2D eigenvalue weighted by atomic mass is 79.9. The molecule has 3 N–H and O–H groups in total. The lowest BCUT2D eigenvalue weighted by atomic mass is 9.77. The highest BCUT2D eigenvalue weighted by molar-refractivity contribution is 9.11. The van der Waals surface area contributed by atoms with Gasteiger partial charge in [-0.3, -0.25) is 0 Å². The Morgan fingerprint density at radius 3 is 0.768 bits per heavy atom. The molecule has 0 saturated heterocycles. The highest BCUT2D eigenvalue weighted by Crippen LogP contribution is 2.52. The van der Waals surface area contributed by atoms with Gasteiger partial charge in [-0.25, -0.2) is 27.6 Å². The van der Waals surface area contributed by atoms with E-state index in [2.05, 4.69) is 221 Å². The fourth-order valence-electron chi connectivity index (χ4n) is 22.0. The summed E-state index contributed by atoms with van der Waals surface area (Å²) in [6.45, 7) is 9.17. The predicted molar refractivity (Wildman–Crippen MR) is 573 cm³/mol. The number of ether oxygens (including phenoxy) is 2. The van der Waals surface area contributed by atoms with Crippen LogP contribution in [0.25, 0.3) is 110 Å². The number of phenolic OH excluding ortho intramolecular Hbond substituents is 2. The van der Waals surface area contributed by atoms with E-state index in [0.29, 0.717) is 70.1 Å². The normalized spacial score (nSPS) is 18.1. The molecule has 710 valence electrons. The number of alkyl halides is 2. The maximum atomic E-state index is 15.4. The summed E-state index contributed by atoms with van der Waals surface area (Å²) in [6.07, 6.45) is 31.2. The molecule has 0 heterocycles. The summed E-state index contributed by atoms with van der Waals surface area (Å²) >= 11 is 19.1. The van der Waals surface area contributed by atoms with Gasteiger partial charge in [-0.05, 0) is 363 Å². The summed E-state index contributed by atoms with van der Waals surface area (Å²) < 4.78 is 57.4. The number of carboxylic acid groups (broad SMARTS) is 1. The first-order chi connectivity index (χ1) is 67.0. The Balaban J connectivity index is 0.000000181. The molecular weight excluding hydrogens is 1960 g/mol. The second-order valence-corrected chi connectivity index (χ2v) is 41.7. The minimum atomic E-state index is -1.25. The second kappa shape index (κ2) is 47.0. The van der Waals surface area contributed by atoms with E-state index in [1.807, 2.05) is 48.5 Å². The standard InChI is InChI=1S/C64H58Br2F2O4.C50H54O2.C7H4BrFO2.CH2Cl2/c1-3-5-39-7-11-41(12-8-39)43-15-19-45(20-16-43)47-23-29-53-49(35-47)25-33-59(71-63(69)55-31-27-51(65)37-57(55)67)61(53)62-54-30-24-48(46-21-17-44(18-22-46)42-13-9-40(6-4-2)10-14-42)36-50(54)26-34-60(62)72-64(70)56-32-28-52(66)38-58(56)68;1-3-5-33-7-11-35(12-8-33)37-15-19-39(20-16-37)41-23-27-45-43(31-41)25-29-47(51)49(45)50-46-28-24-42(32-44(46)26-30-48(50)52)40-21-17-38(18-22-40)36-13-9-34(6-4-2)10-14-36;8-4-1-2-5(7(10)11)6(9)3-4;2-1-3/h15-42H,3-14H2,1-2H3;15-36,51-52H,3-14H2,1-2H3;1-3H,(H,10,11);1H2. The van der Waals surface area contributed by atoms with Gasteiger partial charge >= 0.3 is 17.9 Å². The van der Waals surface area contributed by atoms with Crippen LogP contribution < -0.4 is 9.47 Å². The van der Waals surface area contributed by atoms with Gasteiger partial charge in [-0.2, -0.15) is 0 Å². The van der Waals surface area contributed by atoms with Crippen molar-refractivity contribution >= 4 is 132 Å². The molecule has 0 unspecified atom stereocenters. The first-order valence-electron chi connectivity index (χ1n) is 49.3. The number of halogens is 8. The molecule has 19 rings (SSSR count). The molecule has 4 aliphatic carbocycles. The van der Waals surface area contributed by atoms with Crippen molar-refractivity contribution in [2.75, 3.05) is 5.34 Å². The Kier molecular flexibility index (Phi) is 34.1. The van der Waals surface area contributed by atoms with Crippen molar-refractivity contribution in [1.29, 1.82) is 0 Å². The number of aromatic hydroxyl groups is 2. The number of fused-ring (bicyclic) bond motifs is 4. The van der Waals surface area contributed by atoms with Crippen LogP contribution in [-0.2, 0) is 0 Å². The maximum Gasteiger partial charge on any atom is 0.346 e. The van der Waals surface area contributed by atoms with Crippen LogP contribution in [0, 0.1) is 41.1 Å². The van der Waals surface area contributed by atoms with Crippen LogP contribution >= 0.6 is 71.0 Å². The van der Waals surface area contributed by atoms with Crippen LogP contribution in [0.5, 0.6) is 23.0 Å². The minimum absolute atomic E-state index is 0.128. The molecule has 0 bridgehead atoms. The largest absolute Gasteiger partial charge is 0.507 e. The number of phenols is 2. The Morgan fingerprint density at radius 1 is 0.297 bits per heavy atom. The fraction of sp³-hybridized carbons (Fsp3) is 0.303. The van der Waals surface area contributed by atoms with Crippen molar-refractivity contribution in [2.45, 2.75) is 205 Å². The van der Waals surface area contributed by atoms with Gasteiger partial charge in [0.1, 0.15) is 40.4 Å². The molecule has 8 nitrogen and oxygen atoms in total. The predicted octanol–water partition coefficient (Wildman–Crippen LogP) is 37.6. The zero-order valence-electron chi connectivity index (χ0n) is 78.7. The summed E-state index contributed by atoms with van der Waals surface area (Å²) in [4.78, 5) is 38.3. The molecule has 0 radical (unpaired) electrons. The van der Waals surface area contributed by atoms with E-state index < -0.39 is 35.4 Å². The van der Waals surface area contributed by atoms with E-state index in [1.54, 1.807) is 36.4 Å². The van der Waals surface area contributed by atoms with Crippen molar-refractivity contribution in [2.24, 2.45) is 23.7 Å². The average molecular weight is 2080 g/mol. The van der Waals surface area contributed by atoms with Gasteiger partial charge in [0, 0.05) is 35.7 Å². The van der Waals surface area contributed by atoms with Gasteiger partial charge in [0.15, 0.2) is 0 Å². The van der Waals surface area contributed by atoms with E-state index in [-0.39, 0.29) is 45.0 Å². The van der Waals surface area contributed by atoms with Crippen LogP contribution in [0.4, 0.5) is 13.2 Å². The van der Waals surface area contributed by atoms with Crippen molar-refractivity contribution in [3.05, 3.63) is 343 Å². The third kappa shape index (κ3) is 23.9. The second-order valence-electron chi connectivity index (χ2n) is 38.1. The Labute approximate surface area is 844 Å². The molecule has 138 heavy (non-hydrogen) atoms. The van der Waals surface area contributed by atoms with Gasteiger partial charge in [0.05, 0.1) is 22.0 Å². The number of carbonyl (C=O) groups is 3. The number of rotatable bonds is 23. The third-order valence-corrected chi connectivity index (χ3v) is 30.8. The van der Waals surface area contributed by atoms with E-state index >= 15 is 8.78 Å². The zero-order chi connectivity index (χ0) is 96.6. The number of carboxylic acids is 1. The molecule has 0 aromatic heterocycles. The molecule has 4 aliphatic rings. The fourth-order valence-corrected chi connectivity index (χ4v) is 23.0. The van der Waals surface area contributed by atoms with Crippen LogP contribution in [0.3, 0.4) is 0 Å². The maximum absolute atomic E-state index is 15.4. The number of benzene rings is 15. The van der Waals surface area contributed by atoms with Crippen LogP contribution in [-0.4, -0.2) is 38.6 Å². The van der Waals surface area contributed by atoms with Crippen LogP contribution in [0.2, 0.25) is 0 Å². The Bertz CT molecular complexity index is 6440. The molecular formula is C122H118Br3Cl2F3O8. The molecule has 0 amide bonds. The quantitative estimate of drug-likeness (QED) is 0.0328. The Morgan fingerprint density at radius 2 is 0.529 bits per heavy atom. The number of hydrogen-bond donors (Lipinski definition) is 3.